The minimum Gasteiger partial charge on any atom is -0.472 e. The molecular formula is C16H16BrN3O. The van der Waals surface area contributed by atoms with E-state index in [-0.39, 0.29) is 5.84 Å². The van der Waals surface area contributed by atoms with Gasteiger partial charge in [0.15, 0.2) is 0 Å². The molecule has 0 unspecified atom stereocenters. The van der Waals surface area contributed by atoms with Crippen LogP contribution in [0.4, 0.5) is 0 Å². The minimum absolute atomic E-state index is 0.000623. The Labute approximate surface area is 132 Å². The van der Waals surface area contributed by atoms with Gasteiger partial charge in [0.1, 0.15) is 12.4 Å². The lowest BCUT2D eigenvalue weighted by atomic mass is 10.1. The Hall–Kier alpha value is -1.88. The number of rotatable bonds is 4. The largest absolute Gasteiger partial charge is 0.472 e. The van der Waals surface area contributed by atoms with Crippen molar-refractivity contribution in [3.63, 3.8) is 0 Å². The molecule has 1 aliphatic rings. The molecule has 1 heterocycles. The van der Waals surface area contributed by atoms with E-state index < -0.39 is 0 Å². The molecular weight excluding hydrogens is 330 g/mol. The first kappa shape index (κ1) is 14.1. The maximum atomic E-state index is 7.71. The fraction of sp³-hybridized carbons (Fsp3) is 0.250. The van der Waals surface area contributed by atoms with Gasteiger partial charge in [-0.1, -0.05) is 34.1 Å². The molecule has 3 N–H and O–H groups in total. The Morgan fingerprint density at radius 1 is 1.33 bits per heavy atom. The number of aryl methyl sites for hydroxylation is 2. The molecule has 0 atom stereocenters. The van der Waals surface area contributed by atoms with Gasteiger partial charge in [-0.2, -0.15) is 0 Å². The SMILES string of the molecule is N=C(N)c1cc2c(nc1OCc1ccccc1Br)CCC2. The van der Waals surface area contributed by atoms with Crippen LogP contribution in [0.15, 0.2) is 34.8 Å². The van der Waals surface area contributed by atoms with Crippen LogP contribution in [0.3, 0.4) is 0 Å². The van der Waals surface area contributed by atoms with Crippen LogP contribution < -0.4 is 10.5 Å². The molecule has 21 heavy (non-hydrogen) atoms. The van der Waals surface area contributed by atoms with Crippen LogP contribution in [0, 0.1) is 5.41 Å². The number of hydrogen-bond acceptors (Lipinski definition) is 3. The maximum absolute atomic E-state index is 7.71. The summed E-state index contributed by atoms with van der Waals surface area (Å²) in [5, 5.41) is 7.71. The van der Waals surface area contributed by atoms with Crippen LogP contribution in [0.25, 0.3) is 0 Å². The summed E-state index contributed by atoms with van der Waals surface area (Å²) in [4.78, 5) is 4.56. The average molecular weight is 346 g/mol. The van der Waals surface area contributed by atoms with E-state index in [9.17, 15) is 0 Å². The molecule has 1 aliphatic carbocycles. The van der Waals surface area contributed by atoms with E-state index in [0.717, 1.165) is 35.0 Å². The van der Waals surface area contributed by atoms with Gasteiger partial charge in [-0.15, -0.1) is 0 Å². The molecule has 3 rings (SSSR count). The first-order valence-electron chi connectivity index (χ1n) is 6.88. The number of ether oxygens (including phenoxy) is 1. The number of pyridine rings is 1. The number of amidine groups is 1. The highest BCUT2D eigenvalue weighted by Crippen LogP contribution is 2.27. The highest BCUT2D eigenvalue weighted by Gasteiger charge is 2.18. The molecule has 0 bridgehead atoms. The van der Waals surface area contributed by atoms with Gasteiger partial charge in [0.2, 0.25) is 5.88 Å². The highest BCUT2D eigenvalue weighted by molar-refractivity contribution is 9.10. The van der Waals surface area contributed by atoms with Gasteiger partial charge < -0.3 is 10.5 Å². The normalized spacial score (nSPS) is 13.0. The zero-order valence-electron chi connectivity index (χ0n) is 11.5. The van der Waals surface area contributed by atoms with Crippen LogP contribution in [0.1, 0.15) is 28.8 Å². The first-order chi connectivity index (χ1) is 10.1. The van der Waals surface area contributed by atoms with Crippen LogP contribution in [0.5, 0.6) is 5.88 Å². The third-order valence-electron chi connectivity index (χ3n) is 3.63. The van der Waals surface area contributed by atoms with Crippen molar-refractivity contribution in [2.45, 2.75) is 25.9 Å². The smallest absolute Gasteiger partial charge is 0.225 e. The van der Waals surface area contributed by atoms with Gasteiger partial charge in [-0.25, -0.2) is 4.98 Å². The van der Waals surface area contributed by atoms with Crippen LogP contribution in [-0.2, 0) is 19.4 Å². The summed E-state index contributed by atoms with van der Waals surface area (Å²) in [7, 11) is 0. The Bertz CT molecular complexity index is 700. The molecule has 108 valence electrons. The topological polar surface area (TPSA) is 72.0 Å². The summed E-state index contributed by atoms with van der Waals surface area (Å²) in [5.74, 6) is 0.457. The molecule has 1 aromatic heterocycles. The van der Waals surface area contributed by atoms with Crippen molar-refractivity contribution in [2.75, 3.05) is 0 Å². The lowest BCUT2D eigenvalue weighted by molar-refractivity contribution is 0.291. The van der Waals surface area contributed by atoms with Gasteiger partial charge in [0, 0.05) is 15.7 Å². The lowest BCUT2D eigenvalue weighted by Crippen LogP contribution is -2.15. The van der Waals surface area contributed by atoms with Crippen molar-refractivity contribution in [1.82, 2.24) is 4.98 Å². The number of aromatic nitrogens is 1. The molecule has 0 spiro atoms. The van der Waals surface area contributed by atoms with Crippen molar-refractivity contribution in [2.24, 2.45) is 5.73 Å². The fourth-order valence-corrected chi connectivity index (χ4v) is 2.92. The summed E-state index contributed by atoms with van der Waals surface area (Å²) < 4.78 is 6.82. The molecule has 1 aromatic carbocycles. The van der Waals surface area contributed by atoms with Crippen molar-refractivity contribution >= 4 is 21.8 Å². The number of nitrogens with zero attached hydrogens (tertiary/aromatic N) is 1. The zero-order chi connectivity index (χ0) is 14.8. The standard InChI is InChI=1S/C16H16BrN3O/c17-13-6-2-1-4-11(13)9-21-16-12(15(18)19)8-10-5-3-7-14(10)20-16/h1-2,4,6,8H,3,5,7,9H2,(H3,18,19). The summed E-state index contributed by atoms with van der Waals surface area (Å²) in [6, 6.07) is 9.84. The first-order valence-corrected chi connectivity index (χ1v) is 7.68. The highest BCUT2D eigenvalue weighted by atomic mass is 79.9. The van der Waals surface area contributed by atoms with Crippen molar-refractivity contribution in [1.29, 1.82) is 5.41 Å². The second-order valence-electron chi connectivity index (χ2n) is 5.09. The average Bonchev–Trinajstić information content (AvgIpc) is 2.92. The second-order valence-corrected chi connectivity index (χ2v) is 5.95. The molecule has 4 nitrogen and oxygen atoms in total. The molecule has 0 aliphatic heterocycles. The van der Waals surface area contributed by atoms with E-state index >= 15 is 0 Å². The van der Waals surface area contributed by atoms with Crippen molar-refractivity contribution in [3.8, 4) is 5.88 Å². The van der Waals surface area contributed by atoms with Crippen molar-refractivity contribution in [3.05, 3.63) is 57.2 Å². The summed E-state index contributed by atoms with van der Waals surface area (Å²) >= 11 is 3.50. The molecule has 2 aromatic rings. The summed E-state index contributed by atoms with van der Waals surface area (Å²) in [6.45, 7) is 0.396. The molecule has 0 saturated heterocycles. The van der Waals surface area contributed by atoms with Gasteiger partial charge in [-0.05, 0) is 37.0 Å². The molecule has 0 amide bonds. The number of benzene rings is 1. The minimum atomic E-state index is -0.000623. The Balaban J connectivity index is 1.88. The molecule has 5 heteroatoms. The van der Waals surface area contributed by atoms with Gasteiger partial charge in [0.25, 0.3) is 0 Å². The Kier molecular flexibility index (Phi) is 3.92. The van der Waals surface area contributed by atoms with Crippen LogP contribution >= 0.6 is 15.9 Å². The van der Waals surface area contributed by atoms with E-state index in [1.54, 1.807) is 0 Å². The van der Waals surface area contributed by atoms with Gasteiger partial charge in [0.05, 0.1) is 5.56 Å². The predicted molar refractivity (Wildman–Crippen MR) is 85.8 cm³/mol. The number of hydrogen-bond donors (Lipinski definition) is 2. The Morgan fingerprint density at radius 3 is 2.90 bits per heavy atom. The van der Waals surface area contributed by atoms with Crippen LogP contribution in [0.2, 0.25) is 0 Å². The van der Waals surface area contributed by atoms with E-state index in [2.05, 4.69) is 20.9 Å². The van der Waals surface area contributed by atoms with Gasteiger partial charge in [-0.3, -0.25) is 5.41 Å². The van der Waals surface area contributed by atoms with E-state index in [0.29, 0.717) is 18.1 Å². The number of halogens is 1. The third kappa shape index (κ3) is 2.93. The number of nitrogens with one attached hydrogen (secondary N) is 1. The van der Waals surface area contributed by atoms with Gasteiger partial charge >= 0.3 is 0 Å². The lowest BCUT2D eigenvalue weighted by Gasteiger charge is -2.12. The van der Waals surface area contributed by atoms with E-state index in [1.165, 1.54) is 5.56 Å². The third-order valence-corrected chi connectivity index (χ3v) is 4.40. The summed E-state index contributed by atoms with van der Waals surface area (Å²) in [6.07, 6.45) is 3.08. The number of nitrogens with two attached hydrogens (primary N) is 1. The Morgan fingerprint density at radius 2 is 2.14 bits per heavy atom. The molecule has 0 saturated carbocycles. The second kappa shape index (κ2) is 5.85. The zero-order valence-corrected chi connectivity index (χ0v) is 13.1. The molecule has 0 radical (unpaired) electrons. The predicted octanol–water partition coefficient (Wildman–Crippen LogP) is 3.20. The summed E-state index contributed by atoms with van der Waals surface area (Å²) in [5.41, 5.74) is 9.54. The number of nitrogen functional groups attached to an aromatic ring is 1. The monoisotopic (exact) mass is 345 g/mol. The van der Waals surface area contributed by atoms with Crippen LogP contribution in [-0.4, -0.2) is 10.8 Å². The fourth-order valence-electron chi connectivity index (χ4n) is 2.52. The van der Waals surface area contributed by atoms with E-state index in [4.69, 9.17) is 15.9 Å². The maximum Gasteiger partial charge on any atom is 0.225 e. The van der Waals surface area contributed by atoms with E-state index in [1.807, 2.05) is 30.3 Å². The molecule has 0 fully saturated rings. The quantitative estimate of drug-likeness (QED) is 0.660. The number of fused-ring (bicyclic) bond motifs is 1. The van der Waals surface area contributed by atoms with Crippen molar-refractivity contribution < 1.29 is 4.74 Å².